The maximum absolute atomic E-state index is 13.8. The highest BCUT2D eigenvalue weighted by molar-refractivity contribution is 6.00. The maximum Gasteiger partial charge on any atom is 0.227 e. The Balaban J connectivity index is 1.54. The number of para-hydroxylation sites is 2. The van der Waals surface area contributed by atoms with E-state index in [9.17, 15) is 19.7 Å². The third-order valence-corrected chi connectivity index (χ3v) is 8.85. The van der Waals surface area contributed by atoms with Gasteiger partial charge in [0.05, 0.1) is 35.1 Å². The molecule has 4 aromatic carbocycles. The Morgan fingerprint density at radius 2 is 1.43 bits per heavy atom. The summed E-state index contributed by atoms with van der Waals surface area (Å²) in [6, 6.07) is 33.1. The van der Waals surface area contributed by atoms with Gasteiger partial charge in [-0.2, -0.15) is 0 Å². The van der Waals surface area contributed by atoms with E-state index in [0.29, 0.717) is 22.3 Å². The van der Waals surface area contributed by atoms with Gasteiger partial charge in [-0.05, 0) is 35.4 Å². The summed E-state index contributed by atoms with van der Waals surface area (Å²) in [7, 11) is 0. The van der Waals surface area contributed by atoms with Gasteiger partial charge in [0.1, 0.15) is 22.7 Å². The SMILES string of the molecule is O=C1C[C@]2(C[C@H](c3ccccc3)[C@@H]([N+](=O)[O-])[C@H](c3ccccc3)[C@H]2c2cc(=O)c3ccccc3o2)Oc2ccccc21. The van der Waals surface area contributed by atoms with Crippen molar-refractivity contribution in [1.29, 1.82) is 0 Å². The summed E-state index contributed by atoms with van der Waals surface area (Å²) < 4.78 is 13.3. The second-order valence-electron chi connectivity index (χ2n) is 11.2. The molecule has 7 nitrogen and oxygen atoms in total. The number of rotatable bonds is 4. The summed E-state index contributed by atoms with van der Waals surface area (Å²) in [6.07, 6.45) is 0.176. The molecule has 0 amide bonds. The van der Waals surface area contributed by atoms with Crippen LogP contribution in [0.15, 0.2) is 124 Å². The molecule has 2 heterocycles. The van der Waals surface area contributed by atoms with Crippen LogP contribution in [0.25, 0.3) is 11.0 Å². The molecule has 208 valence electrons. The van der Waals surface area contributed by atoms with E-state index < -0.39 is 29.4 Å². The quantitative estimate of drug-likeness (QED) is 0.176. The van der Waals surface area contributed by atoms with E-state index in [1.807, 2.05) is 66.7 Å². The predicted molar refractivity (Wildman–Crippen MR) is 158 cm³/mol. The van der Waals surface area contributed by atoms with Crippen LogP contribution in [0.5, 0.6) is 5.75 Å². The molecule has 7 heteroatoms. The van der Waals surface area contributed by atoms with Crippen LogP contribution in [0.2, 0.25) is 0 Å². The Morgan fingerprint density at radius 3 is 2.17 bits per heavy atom. The van der Waals surface area contributed by atoms with Crippen molar-refractivity contribution >= 4 is 16.8 Å². The molecule has 5 aromatic rings. The zero-order chi connectivity index (χ0) is 28.8. The Kier molecular flexibility index (Phi) is 6.23. The van der Waals surface area contributed by atoms with Gasteiger partial charge in [-0.15, -0.1) is 0 Å². The fourth-order valence-corrected chi connectivity index (χ4v) is 7.16. The molecule has 2 aliphatic rings. The van der Waals surface area contributed by atoms with Crippen LogP contribution in [0.4, 0.5) is 0 Å². The van der Waals surface area contributed by atoms with Crippen LogP contribution >= 0.6 is 0 Å². The van der Waals surface area contributed by atoms with Crippen molar-refractivity contribution < 1.29 is 18.9 Å². The first-order chi connectivity index (χ1) is 20.4. The number of ketones is 1. The normalized spacial score (nSPS) is 25.1. The van der Waals surface area contributed by atoms with Gasteiger partial charge in [0.2, 0.25) is 6.04 Å². The van der Waals surface area contributed by atoms with E-state index >= 15 is 0 Å². The molecule has 0 saturated heterocycles. The average Bonchev–Trinajstić information content (AvgIpc) is 3.01. The summed E-state index contributed by atoms with van der Waals surface area (Å²) in [5.74, 6) is -1.57. The molecule has 1 aliphatic carbocycles. The maximum atomic E-state index is 13.8. The lowest BCUT2D eigenvalue weighted by molar-refractivity contribution is -0.537. The Bertz CT molecular complexity index is 1870. The number of fused-ring (bicyclic) bond motifs is 2. The molecule has 7 rings (SSSR count). The number of carbonyl (C=O) groups is 1. The monoisotopic (exact) mass is 557 g/mol. The minimum absolute atomic E-state index is 0.0116. The van der Waals surface area contributed by atoms with Crippen molar-refractivity contribution in [2.24, 2.45) is 0 Å². The van der Waals surface area contributed by atoms with Gasteiger partial charge in [0, 0.05) is 17.4 Å². The Morgan fingerprint density at radius 1 is 0.786 bits per heavy atom. The van der Waals surface area contributed by atoms with Gasteiger partial charge in [0.25, 0.3) is 0 Å². The first-order valence-electron chi connectivity index (χ1n) is 14.0. The van der Waals surface area contributed by atoms with E-state index in [4.69, 9.17) is 9.15 Å². The van der Waals surface area contributed by atoms with Crippen molar-refractivity contribution in [2.75, 3.05) is 0 Å². The molecule has 42 heavy (non-hydrogen) atoms. The zero-order valence-corrected chi connectivity index (χ0v) is 22.6. The van der Waals surface area contributed by atoms with E-state index in [-0.39, 0.29) is 34.7 Å². The Hall–Kier alpha value is -5.04. The summed E-state index contributed by atoms with van der Waals surface area (Å²) in [4.78, 5) is 40.1. The second-order valence-corrected chi connectivity index (χ2v) is 11.2. The van der Waals surface area contributed by atoms with Gasteiger partial charge < -0.3 is 9.15 Å². The summed E-state index contributed by atoms with van der Waals surface area (Å²) in [5, 5.41) is 13.5. The molecule has 0 N–H and O–H groups in total. The third kappa shape index (κ3) is 4.20. The number of carbonyl (C=O) groups excluding carboxylic acids is 1. The third-order valence-electron chi connectivity index (χ3n) is 8.85. The minimum Gasteiger partial charge on any atom is -0.485 e. The highest BCUT2D eigenvalue weighted by Gasteiger charge is 2.63. The molecule has 1 saturated carbocycles. The van der Waals surface area contributed by atoms with E-state index in [1.54, 1.807) is 42.5 Å². The zero-order valence-electron chi connectivity index (χ0n) is 22.6. The first kappa shape index (κ1) is 25.9. The van der Waals surface area contributed by atoms with Gasteiger partial charge in [-0.25, -0.2) is 0 Å². The first-order valence-corrected chi connectivity index (χ1v) is 14.0. The lowest BCUT2D eigenvalue weighted by Gasteiger charge is -2.52. The van der Waals surface area contributed by atoms with Gasteiger partial charge in [-0.1, -0.05) is 84.9 Å². The van der Waals surface area contributed by atoms with Crippen LogP contribution in [0.3, 0.4) is 0 Å². The van der Waals surface area contributed by atoms with Crippen LogP contribution in [-0.4, -0.2) is 22.3 Å². The minimum atomic E-state index is -1.22. The molecule has 5 atom stereocenters. The van der Waals surface area contributed by atoms with Crippen LogP contribution in [-0.2, 0) is 0 Å². The number of Topliss-reactive ketones (excluding diaryl/α,β-unsaturated/α-hetero) is 1. The molecule has 1 spiro atoms. The van der Waals surface area contributed by atoms with Crippen LogP contribution < -0.4 is 10.2 Å². The number of hydrogen-bond donors (Lipinski definition) is 0. The van der Waals surface area contributed by atoms with Gasteiger partial charge >= 0.3 is 0 Å². The molecule has 0 bridgehead atoms. The average molecular weight is 558 g/mol. The van der Waals surface area contributed by atoms with Crippen molar-refractivity contribution in [2.45, 2.75) is 42.2 Å². The number of nitrogens with zero attached hydrogens (tertiary/aromatic N) is 1. The van der Waals surface area contributed by atoms with Crippen molar-refractivity contribution in [1.82, 2.24) is 0 Å². The van der Waals surface area contributed by atoms with Crippen molar-refractivity contribution in [3.05, 3.63) is 158 Å². The van der Waals surface area contributed by atoms with E-state index in [1.165, 1.54) is 6.07 Å². The summed E-state index contributed by atoms with van der Waals surface area (Å²) in [6.45, 7) is 0. The predicted octanol–water partition coefficient (Wildman–Crippen LogP) is 6.90. The van der Waals surface area contributed by atoms with Crippen LogP contribution in [0, 0.1) is 10.1 Å². The largest absolute Gasteiger partial charge is 0.485 e. The highest BCUT2D eigenvalue weighted by Crippen LogP contribution is 2.59. The van der Waals surface area contributed by atoms with Crippen molar-refractivity contribution in [3.8, 4) is 5.75 Å². The summed E-state index contributed by atoms with van der Waals surface area (Å²) in [5.41, 5.74) is 0.900. The lowest BCUT2D eigenvalue weighted by Crippen LogP contribution is -2.58. The van der Waals surface area contributed by atoms with Crippen LogP contribution in [0.1, 0.15) is 57.8 Å². The number of nitro groups is 1. The molecular weight excluding hydrogens is 530 g/mol. The fraction of sp³-hybridized carbons (Fsp3) is 0.200. The topological polar surface area (TPSA) is 99.7 Å². The van der Waals surface area contributed by atoms with E-state index in [0.717, 1.165) is 11.1 Å². The second kappa shape index (κ2) is 10.1. The summed E-state index contributed by atoms with van der Waals surface area (Å²) >= 11 is 0. The fourth-order valence-electron chi connectivity index (χ4n) is 7.16. The lowest BCUT2D eigenvalue weighted by atomic mass is 9.56. The van der Waals surface area contributed by atoms with Gasteiger partial charge in [0.15, 0.2) is 11.2 Å². The van der Waals surface area contributed by atoms with Crippen molar-refractivity contribution in [3.63, 3.8) is 0 Å². The number of hydrogen-bond acceptors (Lipinski definition) is 6. The van der Waals surface area contributed by atoms with E-state index in [2.05, 4.69) is 0 Å². The van der Waals surface area contributed by atoms with Gasteiger partial charge in [-0.3, -0.25) is 19.7 Å². The number of ether oxygens (including phenoxy) is 1. The standard InChI is InChI=1S/C35H27NO6/c37-27-19-31(41-29-17-9-7-15-24(27)29)33-32(23-13-5-2-6-14-23)34(36(39)40)26(22-11-3-1-4-12-22)20-35(33)21-28(38)25-16-8-10-18-30(25)42-35/h1-19,26,32-34H,20-21H2/t26-,32-,33-,34-,35+/m1/s1. The molecule has 1 aliphatic heterocycles. The Labute approximate surface area is 241 Å². The number of benzene rings is 4. The molecule has 1 aromatic heterocycles. The highest BCUT2D eigenvalue weighted by atomic mass is 16.6. The molecule has 0 unspecified atom stereocenters. The molecular formula is C35H27NO6. The molecule has 1 fully saturated rings. The smallest absolute Gasteiger partial charge is 0.227 e. The molecule has 0 radical (unpaired) electrons.